The SMILES string of the molecule is COc1ccc(C2=C(N3CCN(c4ccccc4)CC3)C(=O)N(Cc3ccco3)C2=O)cc1. The number of ether oxygens (including phenoxy) is 1. The first-order valence-corrected chi connectivity index (χ1v) is 11.0. The molecule has 5 rings (SSSR count). The Labute approximate surface area is 192 Å². The molecule has 2 aliphatic heterocycles. The van der Waals surface area contributed by atoms with Gasteiger partial charge in [0.2, 0.25) is 0 Å². The summed E-state index contributed by atoms with van der Waals surface area (Å²) in [5.74, 6) is 0.681. The van der Waals surface area contributed by atoms with Gasteiger partial charge in [-0.2, -0.15) is 0 Å². The molecule has 168 valence electrons. The van der Waals surface area contributed by atoms with Crippen LogP contribution in [0.2, 0.25) is 0 Å². The topological polar surface area (TPSA) is 66.2 Å². The molecule has 7 nitrogen and oxygen atoms in total. The molecule has 3 heterocycles. The minimum Gasteiger partial charge on any atom is -0.497 e. The average Bonchev–Trinajstić information content (AvgIpc) is 3.47. The van der Waals surface area contributed by atoms with Crippen LogP contribution in [0.25, 0.3) is 5.57 Å². The number of anilines is 1. The molecule has 0 bridgehead atoms. The summed E-state index contributed by atoms with van der Waals surface area (Å²) in [6.07, 6.45) is 1.54. The second-order valence-corrected chi connectivity index (χ2v) is 8.04. The second-order valence-electron chi connectivity index (χ2n) is 8.04. The number of amides is 2. The Morgan fingerprint density at radius 1 is 0.818 bits per heavy atom. The lowest BCUT2D eigenvalue weighted by Crippen LogP contribution is -2.47. The van der Waals surface area contributed by atoms with E-state index >= 15 is 0 Å². The maximum absolute atomic E-state index is 13.5. The first kappa shape index (κ1) is 20.9. The summed E-state index contributed by atoms with van der Waals surface area (Å²) in [6, 6.07) is 21.0. The quantitative estimate of drug-likeness (QED) is 0.544. The van der Waals surface area contributed by atoms with E-state index in [1.807, 2.05) is 35.2 Å². The number of hydrogen-bond acceptors (Lipinski definition) is 6. The van der Waals surface area contributed by atoms with Gasteiger partial charge in [-0.3, -0.25) is 14.5 Å². The molecule has 2 amide bonds. The second kappa shape index (κ2) is 8.86. The Morgan fingerprint density at radius 3 is 2.15 bits per heavy atom. The zero-order chi connectivity index (χ0) is 22.8. The van der Waals surface area contributed by atoms with Gasteiger partial charge in [-0.1, -0.05) is 30.3 Å². The van der Waals surface area contributed by atoms with Crippen molar-refractivity contribution in [3.05, 3.63) is 90.0 Å². The number of hydrogen-bond donors (Lipinski definition) is 0. The van der Waals surface area contributed by atoms with Crippen molar-refractivity contribution in [1.29, 1.82) is 0 Å². The van der Waals surface area contributed by atoms with Crippen molar-refractivity contribution in [3.63, 3.8) is 0 Å². The molecule has 0 N–H and O–H groups in total. The highest BCUT2D eigenvalue weighted by atomic mass is 16.5. The van der Waals surface area contributed by atoms with E-state index in [0.717, 1.165) is 18.8 Å². The Bertz CT molecular complexity index is 1160. The third-order valence-corrected chi connectivity index (χ3v) is 6.13. The van der Waals surface area contributed by atoms with E-state index in [1.165, 1.54) is 4.90 Å². The fourth-order valence-electron chi connectivity index (χ4n) is 4.40. The largest absolute Gasteiger partial charge is 0.497 e. The van der Waals surface area contributed by atoms with Crippen LogP contribution in [0.5, 0.6) is 5.75 Å². The maximum Gasteiger partial charge on any atom is 0.278 e. The molecule has 1 fully saturated rings. The molecule has 2 aliphatic rings. The molecular formula is C26H25N3O4. The molecule has 7 heteroatoms. The van der Waals surface area contributed by atoms with E-state index in [9.17, 15) is 9.59 Å². The minimum atomic E-state index is -0.304. The Kier molecular flexibility index (Phi) is 5.60. The van der Waals surface area contributed by atoms with Gasteiger partial charge in [0.05, 0.1) is 25.5 Å². The highest BCUT2D eigenvalue weighted by Gasteiger charge is 2.42. The smallest absolute Gasteiger partial charge is 0.278 e. The van der Waals surface area contributed by atoms with Crippen molar-refractivity contribution >= 4 is 23.1 Å². The summed E-state index contributed by atoms with van der Waals surface area (Å²) in [6.45, 7) is 2.94. The van der Waals surface area contributed by atoms with Gasteiger partial charge in [0.1, 0.15) is 17.2 Å². The molecule has 0 radical (unpaired) electrons. The molecule has 3 aromatic rings. The molecule has 0 spiro atoms. The van der Waals surface area contributed by atoms with Crippen LogP contribution in [-0.4, -0.2) is 54.9 Å². The summed E-state index contributed by atoms with van der Waals surface area (Å²) in [5, 5.41) is 0. The van der Waals surface area contributed by atoms with E-state index in [-0.39, 0.29) is 18.4 Å². The third-order valence-electron chi connectivity index (χ3n) is 6.13. The van der Waals surface area contributed by atoms with Gasteiger partial charge in [-0.15, -0.1) is 0 Å². The number of carbonyl (C=O) groups excluding carboxylic acids is 2. The van der Waals surface area contributed by atoms with Gasteiger partial charge < -0.3 is 19.0 Å². The number of rotatable bonds is 6. The van der Waals surface area contributed by atoms with Crippen LogP contribution in [0.4, 0.5) is 5.69 Å². The summed E-state index contributed by atoms with van der Waals surface area (Å²) in [7, 11) is 1.60. The number of nitrogens with zero attached hydrogens (tertiary/aromatic N) is 3. The number of benzene rings is 2. The number of piperazine rings is 1. The van der Waals surface area contributed by atoms with Crippen LogP contribution in [0.3, 0.4) is 0 Å². The van der Waals surface area contributed by atoms with Crippen LogP contribution in [-0.2, 0) is 16.1 Å². The fourth-order valence-corrected chi connectivity index (χ4v) is 4.40. The van der Waals surface area contributed by atoms with Gasteiger partial charge in [-0.25, -0.2) is 0 Å². The monoisotopic (exact) mass is 443 g/mol. The van der Waals surface area contributed by atoms with Crippen molar-refractivity contribution in [3.8, 4) is 5.75 Å². The van der Waals surface area contributed by atoms with Crippen molar-refractivity contribution in [2.45, 2.75) is 6.54 Å². The summed E-state index contributed by atoms with van der Waals surface area (Å²) in [5.41, 5.74) is 2.76. The number of para-hydroxylation sites is 1. The van der Waals surface area contributed by atoms with Crippen LogP contribution in [0.15, 0.2) is 83.1 Å². The number of imide groups is 1. The lowest BCUT2D eigenvalue weighted by atomic mass is 10.0. The number of furan rings is 1. The third kappa shape index (κ3) is 3.98. The van der Waals surface area contributed by atoms with E-state index in [4.69, 9.17) is 9.15 Å². The molecule has 1 saturated heterocycles. The molecular weight excluding hydrogens is 418 g/mol. The standard InChI is InChI=1S/C26H25N3O4/c1-32-21-11-9-19(10-12-21)23-24(26(31)29(25(23)30)18-22-8-5-17-33-22)28-15-13-27(14-16-28)20-6-3-2-4-7-20/h2-12,17H,13-16,18H2,1H3. The Morgan fingerprint density at radius 2 is 1.52 bits per heavy atom. The first-order chi connectivity index (χ1) is 16.2. The highest BCUT2D eigenvalue weighted by Crippen LogP contribution is 2.34. The average molecular weight is 444 g/mol. The lowest BCUT2D eigenvalue weighted by Gasteiger charge is -2.37. The maximum atomic E-state index is 13.5. The molecule has 33 heavy (non-hydrogen) atoms. The predicted octanol–water partition coefficient (Wildman–Crippen LogP) is 3.39. The van der Waals surface area contributed by atoms with Crippen LogP contribution in [0, 0.1) is 0 Å². The van der Waals surface area contributed by atoms with Gasteiger partial charge in [0, 0.05) is 31.9 Å². The van der Waals surface area contributed by atoms with Crippen LogP contribution >= 0.6 is 0 Å². The van der Waals surface area contributed by atoms with Crippen molar-refractivity contribution in [2.75, 3.05) is 38.2 Å². The molecule has 0 saturated carbocycles. The van der Waals surface area contributed by atoms with Gasteiger partial charge >= 0.3 is 0 Å². The normalized spacial score (nSPS) is 16.7. The summed E-state index contributed by atoms with van der Waals surface area (Å²) in [4.78, 5) is 32.6. The molecule has 1 aromatic heterocycles. The van der Waals surface area contributed by atoms with Crippen molar-refractivity contribution in [2.24, 2.45) is 0 Å². The zero-order valence-corrected chi connectivity index (χ0v) is 18.4. The zero-order valence-electron chi connectivity index (χ0n) is 18.4. The van der Waals surface area contributed by atoms with E-state index in [0.29, 0.717) is 41.4 Å². The van der Waals surface area contributed by atoms with Gasteiger partial charge in [0.15, 0.2) is 0 Å². The van der Waals surface area contributed by atoms with Crippen LogP contribution < -0.4 is 9.64 Å². The fraction of sp³-hybridized carbons (Fsp3) is 0.231. The summed E-state index contributed by atoms with van der Waals surface area (Å²) >= 11 is 0. The number of methoxy groups -OCH3 is 1. The molecule has 0 aliphatic carbocycles. The Hall–Kier alpha value is -4.00. The Balaban J connectivity index is 1.45. The summed E-state index contributed by atoms with van der Waals surface area (Å²) < 4.78 is 10.7. The minimum absolute atomic E-state index is 0.109. The predicted molar refractivity (Wildman–Crippen MR) is 124 cm³/mol. The van der Waals surface area contributed by atoms with E-state index < -0.39 is 0 Å². The lowest BCUT2D eigenvalue weighted by molar-refractivity contribution is -0.138. The van der Waals surface area contributed by atoms with Gasteiger partial charge in [-0.05, 0) is 42.0 Å². The highest BCUT2D eigenvalue weighted by molar-refractivity contribution is 6.35. The van der Waals surface area contributed by atoms with Crippen molar-refractivity contribution < 1.29 is 18.7 Å². The van der Waals surface area contributed by atoms with Crippen LogP contribution in [0.1, 0.15) is 11.3 Å². The first-order valence-electron chi connectivity index (χ1n) is 11.0. The van der Waals surface area contributed by atoms with E-state index in [2.05, 4.69) is 17.0 Å². The molecule has 0 atom stereocenters. The molecule has 0 unspecified atom stereocenters. The van der Waals surface area contributed by atoms with Crippen molar-refractivity contribution in [1.82, 2.24) is 9.80 Å². The molecule has 2 aromatic carbocycles. The van der Waals surface area contributed by atoms with Gasteiger partial charge in [0.25, 0.3) is 11.8 Å². The number of carbonyl (C=O) groups is 2. The van der Waals surface area contributed by atoms with E-state index in [1.54, 1.807) is 37.6 Å².